The summed E-state index contributed by atoms with van der Waals surface area (Å²) in [6.07, 6.45) is 11.9. The van der Waals surface area contributed by atoms with Crippen molar-refractivity contribution >= 4 is 0 Å². The molecule has 1 saturated carbocycles. The Morgan fingerprint density at radius 3 is 2.47 bits per heavy atom. The molecule has 1 aromatic heterocycles. The van der Waals surface area contributed by atoms with Gasteiger partial charge in [0.05, 0.1) is 12.8 Å². The molecule has 0 bridgehead atoms. The Hall–Kier alpha value is -0.800. The van der Waals surface area contributed by atoms with Crippen molar-refractivity contribution in [1.29, 1.82) is 0 Å². The van der Waals surface area contributed by atoms with Crippen LogP contribution >= 0.6 is 0 Å². The second-order valence-electron chi connectivity index (χ2n) is 6.46. The van der Waals surface area contributed by atoms with Crippen molar-refractivity contribution in [2.24, 2.45) is 11.1 Å². The molecule has 0 radical (unpaired) electrons. The maximum absolute atomic E-state index is 5.62. The highest BCUT2D eigenvalue weighted by Gasteiger charge is 2.35. The molecule has 2 aliphatic rings. The van der Waals surface area contributed by atoms with Crippen LogP contribution in [0.4, 0.5) is 0 Å². The summed E-state index contributed by atoms with van der Waals surface area (Å²) in [5.41, 5.74) is 7.42. The van der Waals surface area contributed by atoms with Crippen LogP contribution in [0.3, 0.4) is 0 Å². The molecule has 3 nitrogen and oxygen atoms in total. The minimum absolute atomic E-state index is 0.576. The largest absolute Gasteiger partial charge is 0.468 e. The van der Waals surface area contributed by atoms with Gasteiger partial charge in [-0.2, -0.15) is 0 Å². The summed E-state index contributed by atoms with van der Waals surface area (Å²) in [5, 5.41) is 0. The molecule has 0 aromatic carbocycles. The van der Waals surface area contributed by atoms with Gasteiger partial charge in [-0.3, -0.25) is 4.90 Å². The van der Waals surface area contributed by atoms with Gasteiger partial charge in [-0.25, -0.2) is 0 Å². The Bertz CT molecular complexity index is 397. The molecule has 3 rings (SSSR count). The van der Waals surface area contributed by atoms with Crippen LogP contribution in [0.5, 0.6) is 0 Å². The van der Waals surface area contributed by atoms with Crippen LogP contribution in [-0.4, -0.2) is 18.0 Å². The Kier molecular flexibility index (Phi) is 3.94. The number of furan rings is 1. The monoisotopic (exact) mass is 262 g/mol. The van der Waals surface area contributed by atoms with E-state index >= 15 is 0 Å². The van der Waals surface area contributed by atoms with E-state index in [0.717, 1.165) is 17.9 Å². The molecule has 1 aliphatic carbocycles. The van der Waals surface area contributed by atoms with Gasteiger partial charge in [-0.05, 0) is 50.3 Å². The third kappa shape index (κ3) is 3.03. The SMILES string of the molecule is NCc1coc(CN2CCC3(CCCCC3)CC2)c1. The van der Waals surface area contributed by atoms with Crippen molar-refractivity contribution in [2.75, 3.05) is 13.1 Å². The Morgan fingerprint density at radius 2 is 1.84 bits per heavy atom. The van der Waals surface area contributed by atoms with Gasteiger partial charge in [-0.15, -0.1) is 0 Å². The number of piperidine rings is 1. The van der Waals surface area contributed by atoms with E-state index in [1.54, 1.807) is 6.26 Å². The average Bonchev–Trinajstić information content (AvgIpc) is 2.90. The summed E-state index contributed by atoms with van der Waals surface area (Å²) < 4.78 is 5.57. The van der Waals surface area contributed by atoms with Crippen molar-refractivity contribution in [2.45, 2.75) is 58.0 Å². The van der Waals surface area contributed by atoms with Crippen LogP contribution in [0, 0.1) is 5.41 Å². The van der Waals surface area contributed by atoms with Gasteiger partial charge in [0.1, 0.15) is 5.76 Å². The molecule has 0 atom stereocenters. The average molecular weight is 262 g/mol. The van der Waals surface area contributed by atoms with Crippen LogP contribution < -0.4 is 5.73 Å². The smallest absolute Gasteiger partial charge is 0.118 e. The van der Waals surface area contributed by atoms with E-state index in [-0.39, 0.29) is 0 Å². The molecule has 0 amide bonds. The molecule has 106 valence electrons. The fourth-order valence-corrected chi connectivity index (χ4v) is 3.82. The fourth-order valence-electron chi connectivity index (χ4n) is 3.82. The highest BCUT2D eigenvalue weighted by Crippen LogP contribution is 2.44. The molecular weight excluding hydrogens is 236 g/mol. The highest BCUT2D eigenvalue weighted by atomic mass is 16.3. The number of rotatable bonds is 3. The van der Waals surface area contributed by atoms with Crippen LogP contribution in [0.25, 0.3) is 0 Å². The number of likely N-dealkylation sites (tertiary alicyclic amines) is 1. The van der Waals surface area contributed by atoms with E-state index in [0.29, 0.717) is 12.0 Å². The van der Waals surface area contributed by atoms with Gasteiger partial charge in [0.25, 0.3) is 0 Å². The molecule has 1 saturated heterocycles. The van der Waals surface area contributed by atoms with Crippen LogP contribution in [0.1, 0.15) is 56.3 Å². The first-order valence-corrected chi connectivity index (χ1v) is 7.78. The molecule has 2 N–H and O–H groups in total. The summed E-state index contributed by atoms with van der Waals surface area (Å²) in [7, 11) is 0. The first-order chi connectivity index (χ1) is 9.30. The summed E-state index contributed by atoms with van der Waals surface area (Å²) in [6, 6.07) is 2.10. The lowest BCUT2D eigenvalue weighted by Gasteiger charge is -2.44. The minimum Gasteiger partial charge on any atom is -0.468 e. The molecule has 2 fully saturated rings. The first-order valence-electron chi connectivity index (χ1n) is 7.78. The first kappa shape index (κ1) is 13.2. The van der Waals surface area contributed by atoms with E-state index < -0.39 is 0 Å². The Labute approximate surface area is 116 Å². The van der Waals surface area contributed by atoms with Gasteiger partial charge >= 0.3 is 0 Å². The van der Waals surface area contributed by atoms with Crippen molar-refractivity contribution in [1.82, 2.24) is 4.90 Å². The fraction of sp³-hybridized carbons (Fsp3) is 0.750. The van der Waals surface area contributed by atoms with Gasteiger partial charge in [-0.1, -0.05) is 19.3 Å². The molecule has 1 spiro atoms. The summed E-state index contributed by atoms with van der Waals surface area (Å²) in [6.45, 7) is 4.00. The normalized spacial score (nSPS) is 23.8. The zero-order chi connectivity index (χ0) is 13.1. The van der Waals surface area contributed by atoms with Crippen molar-refractivity contribution < 1.29 is 4.42 Å². The zero-order valence-electron chi connectivity index (χ0n) is 11.9. The highest BCUT2D eigenvalue weighted by molar-refractivity contribution is 5.12. The summed E-state index contributed by atoms with van der Waals surface area (Å²) in [4.78, 5) is 2.54. The summed E-state index contributed by atoms with van der Waals surface area (Å²) in [5.74, 6) is 1.07. The van der Waals surface area contributed by atoms with E-state index in [2.05, 4.69) is 11.0 Å². The van der Waals surface area contributed by atoms with Crippen LogP contribution in [0.2, 0.25) is 0 Å². The van der Waals surface area contributed by atoms with Gasteiger partial charge < -0.3 is 10.2 Å². The van der Waals surface area contributed by atoms with E-state index in [1.807, 2.05) is 0 Å². The second-order valence-corrected chi connectivity index (χ2v) is 6.46. The molecule has 19 heavy (non-hydrogen) atoms. The zero-order valence-corrected chi connectivity index (χ0v) is 11.9. The molecule has 1 aromatic rings. The number of nitrogens with zero attached hydrogens (tertiary/aromatic N) is 1. The minimum atomic E-state index is 0.576. The molecule has 2 heterocycles. The quantitative estimate of drug-likeness (QED) is 0.909. The van der Waals surface area contributed by atoms with Crippen LogP contribution in [-0.2, 0) is 13.1 Å². The lowest BCUT2D eigenvalue weighted by molar-refractivity contribution is 0.0608. The van der Waals surface area contributed by atoms with Gasteiger partial charge in [0.2, 0.25) is 0 Å². The van der Waals surface area contributed by atoms with Gasteiger partial charge in [0.15, 0.2) is 0 Å². The Balaban J connectivity index is 1.52. The second kappa shape index (κ2) is 5.68. The van der Waals surface area contributed by atoms with Crippen LogP contribution in [0.15, 0.2) is 16.7 Å². The third-order valence-corrected chi connectivity index (χ3v) is 5.15. The third-order valence-electron chi connectivity index (χ3n) is 5.15. The lowest BCUT2D eigenvalue weighted by Crippen LogP contribution is -2.40. The predicted octanol–water partition coefficient (Wildman–Crippen LogP) is 3.28. The molecule has 0 unspecified atom stereocenters. The van der Waals surface area contributed by atoms with Crippen molar-refractivity contribution in [3.05, 3.63) is 23.7 Å². The number of hydrogen-bond acceptors (Lipinski definition) is 3. The lowest BCUT2D eigenvalue weighted by atomic mass is 9.68. The topological polar surface area (TPSA) is 42.4 Å². The van der Waals surface area contributed by atoms with E-state index in [9.17, 15) is 0 Å². The Morgan fingerprint density at radius 1 is 1.11 bits per heavy atom. The van der Waals surface area contributed by atoms with E-state index in [4.69, 9.17) is 10.2 Å². The molecular formula is C16H26N2O. The van der Waals surface area contributed by atoms with Gasteiger partial charge in [0, 0.05) is 12.1 Å². The van der Waals surface area contributed by atoms with Crippen molar-refractivity contribution in [3.63, 3.8) is 0 Å². The number of hydrogen-bond donors (Lipinski definition) is 1. The standard InChI is InChI=1S/C16H26N2O/c17-11-14-10-15(19-13-14)12-18-8-6-16(7-9-18)4-2-1-3-5-16/h10,13H,1-9,11-12,17H2. The maximum atomic E-state index is 5.62. The number of nitrogens with two attached hydrogens (primary N) is 1. The maximum Gasteiger partial charge on any atom is 0.118 e. The molecule has 3 heteroatoms. The van der Waals surface area contributed by atoms with Crippen molar-refractivity contribution in [3.8, 4) is 0 Å². The predicted molar refractivity (Wildman–Crippen MR) is 76.6 cm³/mol. The summed E-state index contributed by atoms with van der Waals surface area (Å²) >= 11 is 0. The molecule has 1 aliphatic heterocycles. The van der Waals surface area contributed by atoms with E-state index in [1.165, 1.54) is 58.0 Å².